The number of carboxylic acid groups (broad SMARTS) is 1. The van der Waals surface area contributed by atoms with Crippen molar-refractivity contribution in [3.63, 3.8) is 0 Å². The Morgan fingerprint density at radius 3 is 1.93 bits per heavy atom. The zero-order valence-electron chi connectivity index (χ0n) is 9.24. The van der Waals surface area contributed by atoms with E-state index in [0.717, 1.165) is 38.8 Å². The first-order valence-corrected chi connectivity index (χ1v) is 5.60. The molecule has 1 rings (SSSR count). The zero-order chi connectivity index (χ0) is 11.3. The molecule has 1 aliphatic rings. The van der Waals surface area contributed by atoms with E-state index in [1.54, 1.807) is 0 Å². The third kappa shape index (κ3) is 3.63. The van der Waals surface area contributed by atoms with Gasteiger partial charge in [-0.3, -0.25) is 14.5 Å². The van der Waals surface area contributed by atoms with Crippen molar-refractivity contribution in [2.45, 2.75) is 45.1 Å². The van der Waals surface area contributed by atoms with E-state index >= 15 is 0 Å². The number of aliphatic carboxylic acids is 1. The van der Waals surface area contributed by atoms with Crippen LogP contribution in [0.15, 0.2) is 0 Å². The molecule has 1 saturated heterocycles. The summed E-state index contributed by atoms with van der Waals surface area (Å²) in [6, 6.07) is -0.928. The molecule has 0 spiro atoms. The van der Waals surface area contributed by atoms with Gasteiger partial charge in [-0.25, -0.2) is 0 Å². The number of Topliss-reactive ketones (excluding diaryl/α,β-unsaturated/α-hetero) is 1. The van der Waals surface area contributed by atoms with Crippen molar-refractivity contribution in [2.24, 2.45) is 0 Å². The monoisotopic (exact) mass is 213 g/mol. The lowest BCUT2D eigenvalue weighted by Crippen LogP contribution is -2.47. The molecule has 15 heavy (non-hydrogen) atoms. The van der Waals surface area contributed by atoms with Crippen molar-refractivity contribution in [3.05, 3.63) is 0 Å². The minimum absolute atomic E-state index is 0.261. The van der Waals surface area contributed by atoms with Gasteiger partial charge >= 0.3 is 5.97 Å². The van der Waals surface area contributed by atoms with Gasteiger partial charge in [0.25, 0.3) is 0 Å². The molecule has 0 bridgehead atoms. The zero-order valence-corrected chi connectivity index (χ0v) is 9.24. The normalized spacial score (nSPS) is 21.4. The van der Waals surface area contributed by atoms with Crippen LogP contribution in [0.1, 0.15) is 39.0 Å². The molecule has 0 aliphatic carbocycles. The van der Waals surface area contributed by atoms with E-state index in [0.29, 0.717) is 0 Å². The quantitative estimate of drug-likeness (QED) is 0.718. The van der Waals surface area contributed by atoms with Crippen LogP contribution in [-0.2, 0) is 9.59 Å². The molecule has 4 nitrogen and oxygen atoms in total. The SMILES string of the molecule is CC(=O)C(C(=O)O)N1CCCCCCC1. The molecule has 1 unspecified atom stereocenters. The van der Waals surface area contributed by atoms with Crippen LogP contribution in [0.2, 0.25) is 0 Å². The molecule has 4 heteroatoms. The topological polar surface area (TPSA) is 57.6 Å². The van der Waals surface area contributed by atoms with E-state index < -0.39 is 12.0 Å². The third-order valence-corrected chi connectivity index (χ3v) is 2.87. The molecule has 0 aromatic carbocycles. The average molecular weight is 213 g/mol. The first kappa shape index (κ1) is 12.2. The second kappa shape index (κ2) is 5.85. The Morgan fingerprint density at radius 2 is 1.53 bits per heavy atom. The van der Waals surface area contributed by atoms with E-state index in [2.05, 4.69) is 0 Å². The Balaban J connectivity index is 2.63. The standard InChI is InChI=1S/C11H19NO3/c1-9(13)10(11(14)15)12-7-5-3-2-4-6-8-12/h10H,2-8H2,1H3,(H,14,15). The number of rotatable bonds is 3. The molecular weight excluding hydrogens is 194 g/mol. The number of likely N-dealkylation sites (tertiary alicyclic amines) is 1. The highest BCUT2D eigenvalue weighted by Gasteiger charge is 2.29. The molecule has 1 heterocycles. The highest BCUT2D eigenvalue weighted by molar-refractivity contribution is 6.01. The van der Waals surface area contributed by atoms with E-state index in [9.17, 15) is 9.59 Å². The van der Waals surface area contributed by atoms with Crippen LogP contribution in [0.5, 0.6) is 0 Å². The van der Waals surface area contributed by atoms with Crippen LogP contribution >= 0.6 is 0 Å². The minimum atomic E-state index is -1.01. The molecular formula is C11H19NO3. The summed E-state index contributed by atoms with van der Waals surface area (Å²) in [6.07, 6.45) is 5.50. The van der Waals surface area contributed by atoms with Gasteiger partial charge in [-0.1, -0.05) is 19.3 Å². The van der Waals surface area contributed by atoms with Crippen molar-refractivity contribution < 1.29 is 14.7 Å². The summed E-state index contributed by atoms with van der Waals surface area (Å²) >= 11 is 0. The molecule has 86 valence electrons. The van der Waals surface area contributed by atoms with Gasteiger partial charge in [-0.05, 0) is 32.9 Å². The third-order valence-electron chi connectivity index (χ3n) is 2.87. The number of hydrogen-bond donors (Lipinski definition) is 1. The van der Waals surface area contributed by atoms with Crippen molar-refractivity contribution in [1.29, 1.82) is 0 Å². The molecule has 1 atom stereocenters. The first-order chi connectivity index (χ1) is 7.13. The van der Waals surface area contributed by atoms with Gasteiger partial charge in [0, 0.05) is 0 Å². The Hall–Kier alpha value is -0.900. The van der Waals surface area contributed by atoms with Crippen LogP contribution in [0.3, 0.4) is 0 Å². The fraction of sp³-hybridized carbons (Fsp3) is 0.818. The van der Waals surface area contributed by atoms with E-state index in [1.807, 2.05) is 4.90 Å². The molecule has 0 aromatic rings. The summed E-state index contributed by atoms with van der Waals surface area (Å²) in [5.41, 5.74) is 0. The van der Waals surface area contributed by atoms with Crippen LogP contribution in [0, 0.1) is 0 Å². The predicted molar refractivity (Wildman–Crippen MR) is 56.8 cm³/mol. The Bertz CT molecular complexity index is 218. The lowest BCUT2D eigenvalue weighted by Gasteiger charge is -2.28. The maximum atomic E-state index is 11.3. The lowest BCUT2D eigenvalue weighted by molar-refractivity contribution is -0.147. The van der Waals surface area contributed by atoms with Crippen LogP contribution < -0.4 is 0 Å². The van der Waals surface area contributed by atoms with Crippen molar-refractivity contribution in [3.8, 4) is 0 Å². The summed E-state index contributed by atoms with van der Waals surface area (Å²) in [5, 5.41) is 9.00. The molecule has 0 aromatic heterocycles. The van der Waals surface area contributed by atoms with Crippen molar-refractivity contribution in [1.82, 2.24) is 4.90 Å². The van der Waals surface area contributed by atoms with Gasteiger partial charge in [0.2, 0.25) is 0 Å². The smallest absolute Gasteiger partial charge is 0.328 e. The van der Waals surface area contributed by atoms with Crippen molar-refractivity contribution in [2.75, 3.05) is 13.1 Å². The second-order valence-electron chi connectivity index (χ2n) is 4.16. The Kier molecular flexibility index (Phi) is 4.75. The predicted octanol–water partition coefficient (Wildman–Crippen LogP) is 1.29. The van der Waals surface area contributed by atoms with E-state index in [4.69, 9.17) is 5.11 Å². The summed E-state index contributed by atoms with van der Waals surface area (Å²) in [4.78, 5) is 24.0. The first-order valence-electron chi connectivity index (χ1n) is 5.60. The van der Waals surface area contributed by atoms with Crippen LogP contribution in [-0.4, -0.2) is 40.9 Å². The molecule has 0 saturated carbocycles. The second-order valence-corrected chi connectivity index (χ2v) is 4.16. The van der Waals surface area contributed by atoms with Crippen LogP contribution in [0.4, 0.5) is 0 Å². The number of hydrogen-bond acceptors (Lipinski definition) is 3. The Labute approximate surface area is 90.3 Å². The van der Waals surface area contributed by atoms with Crippen LogP contribution in [0.25, 0.3) is 0 Å². The summed E-state index contributed by atoms with van der Waals surface area (Å²) in [6.45, 7) is 2.82. The maximum Gasteiger partial charge on any atom is 0.328 e. The maximum absolute atomic E-state index is 11.3. The van der Waals surface area contributed by atoms with Gasteiger partial charge in [-0.15, -0.1) is 0 Å². The number of carbonyl (C=O) groups excluding carboxylic acids is 1. The molecule has 1 N–H and O–H groups in total. The number of carboxylic acids is 1. The highest BCUT2D eigenvalue weighted by atomic mass is 16.4. The molecule has 1 fully saturated rings. The average Bonchev–Trinajstić information content (AvgIpc) is 2.07. The van der Waals surface area contributed by atoms with Gasteiger partial charge in [0.1, 0.15) is 0 Å². The van der Waals surface area contributed by atoms with Gasteiger partial charge in [0.05, 0.1) is 0 Å². The van der Waals surface area contributed by atoms with E-state index in [-0.39, 0.29) is 5.78 Å². The molecule has 0 radical (unpaired) electrons. The van der Waals surface area contributed by atoms with Gasteiger partial charge < -0.3 is 5.11 Å². The fourth-order valence-corrected chi connectivity index (χ4v) is 2.12. The van der Waals surface area contributed by atoms with Gasteiger partial charge in [-0.2, -0.15) is 0 Å². The largest absolute Gasteiger partial charge is 0.480 e. The Morgan fingerprint density at radius 1 is 1.07 bits per heavy atom. The summed E-state index contributed by atoms with van der Waals surface area (Å²) < 4.78 is 0. The number of carbonyl (C=O) groups is 2. The fourth-order valence-electron chi connectivity index (χ4n) is 2.12. The summed E-state index contributed by atoms with van der Waals surface area (Å²) in [7, 11) is 0. The lowest BCUT2D eigenvalue weighted by atomic mass is 10.1. The van der Waals surface area contributed by atoms with Gasteiger partial charge in [0.15, 0.2) is 11.8 Å². The molecule has 0 amide bonds. The number of nitrogens with zero attached hydrogens (tertiary/aromatic N) is 1. The minimum Gasteiger partial charge on any atom is -0.480 e. The van der Waals surface area contributed by atoms with E-state index in [1.165, 1.54) is 13.3 Å². The summed E-state index contributed by atoms with van der Waals surface area (Å²) in [5.74, 6) is -1.27. The highest BCUT2D eigenvalue weighted by Crippen LogP contribution is 2.13. The number of ketones is 1. The molecule has 1 aliphatic heterocycles. The van der Waals surface area contributed by atoms with Crippen molar-refractivity contribution >= 4 is 11.8 Å².